The maximum absolute atomic E-state index is 6.33. The summed E-state index contributed by atoms with van der Waals surface area (Å²) in [6.45, 7) is 4.45. The minimum atomic E-state index is -0.265. The summed E-state index contributed by atoms with van der Waals surface area (Å²) in [5.74, 6) is 6.20. The molecular weight excluding hydrogens is 785 g/mol. The van der Waals surface area contributed by atoms with E-state index in [2.05, 4.69) is 72.2 Å². The first kappa shape index (κ1) is 41.9. The van der Waals surface area contributed by atoms with E-state index in [1.807, 2.05) is 146 Å². The summed E-state index contributed by atoms with van der Waals surface area (Å²) in [5, 5.41) is 0. The third-order valence-electron chi connectivity index (χ3n) is 11.1. The SMILES string of the molecule is COc1ccc(N(c2ccc(OC)cc2)c2ccc(Oc3ccc(C(C)(C)c4ccc(Oc5ccc(N(c6ccc(OC)cc6)c6ccc(OC)cc6)cc5)cc4)cc3)cc2)cc1. The summed E-state index contributed by atoms with van der Waals surface area (Å²) in [4.78, 5) is 4.36. The van der Waals surface area contributed by atoms with E-state index in [1.54, 1.807) is 28.4 Å². The molecule has 316 valence electrons. The van der Waals surface area contributed by atoms with Crippen LogP contribution in [0.15, 0.2) is 194 Å². The lowest BCUT2D eigenvalue weighted by atomic mass is 9.78. The Labute approximate surface area is 370 Å². The molecule has 0 atom stereocenters. The van der Waals surface area contributed by atoms with E-state index >= 15 is 0 Å². The Morgan fingerprint density at radius 3 is 0.619 bits per heavy atom. The minimum absolute atomic E-state index is 0.265. The first-order valence-electron chi connectivity index (χ1n) is 20.7. The van der Waals surface area contributed by atoms with Gasteiger partial charge in [-0.15, -0.1) is 0 Å². The van der Waals surface area contributed by atoms with Crippen molar-refractivity contribution in [3.8, 4) is 46.0 Å². The predicted octanol–water partition coefficient (Wildman–Crippen LogP) is 14.6. The van der Waals surface area contributed by atoms with E-state index in [0.29, 0.717) is 0 Å². The molecule has 63 heavy (non-hydrogen) atoms. The highest BCUT2D eigenvalue weighted by atomic mass is 16.5. The Hall–Kier alpha value is -7.84. The lowest BCUT2D eigenvalue weighted by Crippen LogP contribution is -2.18. The Morgan fingerprint density at radius 1 is 0.254 bits per heavy atom. The molecule has 0 aliphatic rings. The molecule has 0 heterocycles. The van der Waals surface area contributed by atoms with Crippen molar-refractivity contribution < 1.29 is 28.4 Å². The maximum Gasteiger partial charge on any atom is 0.127 e. The second-order valence-electron chi connectivity index (χ2n) is 15.3. The van der Waals surface area contributed by atoms with Gasteiger partial charge in [0, 0.05) is 39.5 Å². The van der Waals surface area contributed by atoms with E-state index in [-0.39, 0.29) is 5.41 Å². The number of methoxy groups -OCH3 is 4. The lowest BCUT2D eigenvalue weighted by molar-refractivity contribution is 0.414. The molecule has 8 heteroatoms. The van der Waals surface area contributed by atoms with Gasteiger partial charge in [0.15, 0.2) is 0 Å². The summed E-state index contributed by atoms with van der Waals surface area (Å²) < 4.78 is 34.3. The van der Waals surface area contributed by atoms with Gasteiger partial charge in [-0.2, -0.15) is 0 Å². The number of hydrogen-bond acceptors (Lipinski definition) is 8. The van der Waals surface area contributed by atoms with E-state index in [4.69, 9.17) is 28.4 Å². The Bertz CT molecular complexity index is 2400. The average Bonchev–Trinajstić information content (AvgIpc) is 3.34. The third kappa shape index (κ3) is 9.56. The maximum atomic E-state index is 6.33. The van der Waals surface area contributed by atoms with Gasteiger partial charge in [0.25, 0.3) is 0 Å². The summed E-state index contributed by atoms with van der Waals surface area (Å²) in [5.41, 5.74) is 8.05. The first-order chi connectivity index (χ1) is 30.7. The highest BCUT2D eigenvalue weighted by Gasteiger charge is 2.23. The third-order valence-corrected chi connectivity index (χ3v) is 11.1. The van der Waals surface area contributed by atoms with E-state index in [9.17, 15) is 0 Å². The molecule has 0 aliphatic carbocycles. The molecular formula is C55H50N2O6. The minimum Gasteiger partial charge on any atom is -0.497 e. The zero-order chi connectivity index (χ0) is 43.8. The summed E-state index contributed by atoms with van der Waals surface area (Å²) in [6, 6.07) is 64.9. The molecule has 0 fully saturated rings. The molecule has 0 spiro atoms. The summed E-state index contributed by atoms with van der Waals surface area (Å²) in [7, 11) is 6.68. The normalized spacial score (nSPS) is 11.0. The number of benzene rings is 8. The van der Waals surface area contributed by atoms with Crippen molar-refractivity contribution in [3.63, 3.8) is 0 Å². The van der Waals surface area contributed by atoms with Crippen LogP contribution in [0.3, 0.4) is 0 Å². The van der Waals surface area contributed by atoms with Crippen LogP contribution >= 0.6 is 0 Å². The number of nitrogens with zero attached hydrogens (tertiary/aromatic N) is 2. The highest BCUT2D eigenvalue weighted by molar-refractivity contribution is 5.78. The van der Waals surface area contributed by atoms with Crippen LogP contribution in [0, 0.1) is 0 Å². The van der Waals surface area contributed by atoms with Crippen LogP contribution in [0.4, 0.5) is 34.1 Å². The molecule has 0 aliphatic heterocycles. The van der Waals surface area contributed by atoms with Gasteiger partial charge in [0.05, 0.1) is 28.4 Å². The van der Waals surface area contributed by atoms with E-state index in [1.165, 1.54) is 11.1 Å². The number of anilines is 6. The van der Waals surface area contributed by atoms with Crippen LogP contribution in [-0.2, 0) is 5.41 Å². The lowest BCUT2D eigenvalue weighted by Gasteiger charge is -2.27. The largest absolute Gasteiger partial charge is 0.497 e. The topological polar surface area (TPSA) is 61.9 Å². The van der Waals surface area contributed by atoms with Crippen molar-refractivity contribution in [1.82, 2.24) is 0 Å². The van der Waals surface area contributed by atoms with Gasteiger partial charge >= 0.3 is 0 Å². The van der Waals surface area contributed by atoms with Gasteiger partial charge in [-0.25, -0.2) is 0 Å². The van der Waals surface area contributed by atoms with Crippen LogP contribution in [-0.4, -0.2) is 28.4 Å². The second kappa shape index (κ2) is 18.8. The van der Waals surface area contributed by atoms with Gasteiger partial charge in [0.2, 0.25) is 0 Å². The molecule has 0 amide bonds. The Balaban J connectivity index is 0.925. The number of hydrogen-bond donors (Lipinski definition) is 0. The number of rotatable bonds is 16. The van der Waals surface area contributed by atoms with Crippen molar-refractivity contribution in [1.29, 1.82) is 0 Å². The second-order valence-corrected chi connectivity index (χ2v) is 15.3. The molecule has 8 aromatic rings. The van der Waals surface area contributed by atoms with Crippen LogP contribution in [0.2, 0.25) is 0 Å². The van der Waals surface area contributed by atoms with Gasteiger partial charge in [-0.3, -0.25) is 0 Å². The molecule has 0 saturated heterocycles. The monoisotopic (exact) mass is 834 g/mol. The fourth-order valence-corrected chi connectivity index (χ4v) is 7.46. The van der Waals surface area contributed by atoms with Gasteiger partial charge in [0.1, 0.15) is 46.0 Å². The molecule has 8 aromatic carbocycles. The fraction of sp³-hybridized carbons (Fsp3) is 0.127. The first-order valence-corrected chi connectivity index (χ1v) is 20.7. The van der Waals surface area contributed by atoms with Crippen molar-refractivity contribution >= 4 is 34.1 Å². The van der Waals surface area contributed by atoms with E-state index in [0.717, 1.165) is 80.1 Å². The molecule has 0 bridgehead atoms. The van der Waals surface area contributed by atoms with Crippen LogP contribution in [0.1, 0.15) is 25.0 Å². The van der Waals surface area contributed by atoms with Crippen LogP contribution in [0.25, 0.3) is 0 Å². The molecule has 8 rings (SSSR count). The quantitative estimate of drug-likeness (QED) is 0.0954. The van der Waals surface area contributed by atoms with Crippen LogP contribution in [0.5, 0.6) is 46.0 Å². The highest BCUT2D eigenvalue weighted by Crippen LogP contribution is 2.40. The average molecular weight is 835 g/mol. The molecule has 0 N–H and O–H groups in total. The molecule has 0 radical (unpaired) electrons. The van der Waals surface area contributed by atoms with Gasteiger partial charge in [-0.05, 0) is 181 Å². The summed E-state index contributed by atoms with van der Waals surface area (Å²) >= 11 is 0. The number of ether oxygens (including phenoxy) is 6. The molecule has 8 nitrogen and oxygen atoms in total. The Morgan fingerprint density at radius 2 is 0.429 bits per heavy atom. The standard InChI is InChI=1S/C55H50N2O6/c1-55(2,39-7-23-51(24-8-39)62-53-35-19-45(20-36-53)56(41-11-27-47(58-3)28-12-41)42-13-29-48(59-4)30-14-42)40-9-25-52(26-10-40)63-54-37-21-46(22-38-54)57(43-15-31-49(60-5)32-16-43)44-17-33-50(61-6)34-18-44/h7-38H,1-6H3. The predicted molar refractivity (Wildman–Crippen MR) is 254 cm³/mol. The smallest absolute Gasteiger partial charge is 0.127 e. The van der Waals surface area contributed by atoms with Gasteiger partial charge in [-0.1, -0.05) is 38.1 Å². The summed E-state index contributed by atoms with van der Waals surface area (Å²) in [6.07, 6.45) is 0. The van der Waals surface area contributed by atoms with Crippen LogP contribution < -0.4 is 38.2 Å². The van der Waals surface area contributed by atoms with Crippen molar-refractivity contribution in [2.75, 3.05) is 38.2 Å². The zero-order valence-corrected chi connectivity index (χ0v) is 36.3. The molecule has 0 unspecified atom stereocenters. The zero-order valence-electron chi connectivity index (χ0n) is 36.3. The molecule has 0 saturated carbocycles. The van der Waals surface area contributed by atoms with Crippen molar-refractivity contribution in [2.45, 2.75) is 19.3 Å². The molecule has 0 aromatic heterocycles. The van der Waals surface area contributed by atoms with Crippen molar-refractivity contribution in [2.24, 2.45) is 0 Å². The van der Waals surface area contributed by atoms with Crippen molar-refractivity contribution in [3.05, 3.63) is 205 Å². The Kier molecular flexibility index (Phi) is 12.5. The van der Waals surface area contributed by atoms with Gasteiger partial charge < -0.3 is 38.2 Å². The van der Waals surface area contributed by atoms with E-state index < -0.39 is 0 Å². The fourth-order valence-electron chi connectivity index (χ4n) is 7.46.